The van der Waals surface area contributed by atoms with E-state index in [4.69, 9.17) is 5.10 Å². The summed E-state index contributed by atoms with van der Waals surface area (Å²) < 4.78 is 3.49. The Balaban J connectivity index is 1.78. The van der Waals surface area contributed by atoms with E-state index in [1.807, 2.05) is 57.2 Å². The standard InChI is InChI=1S/C20H27N7OS/c1-19(2,3)15-12-16(26(23-15)14-10-8-7-9-11-14)21-17(28)13-29-18-22-24-25-27(18)20(4,5)6/h7-12H,13H2,1-6H3,(H,21,28). The molecule has 2 aromatic heterocycles. The molecule has 0 aliphatic heterocycles. The van der Waals surface area contributed by atoms with E-state index in [1.54, 1.807) is 9.36 Å². The lowest BCUT2D eigenvalue weighted by Crippen LogP contribution is -2.25. The molecule has 154 valence electrons. The Kier molecular flexibility index (Phi) is 5.79. The van der Waals surface area contributed by atoms with Crippen LogP contribution in [-0.4, -0.2) is 41.6 Å². The smallest absolute Gasteiger partial charge is 0.236 e. The molecule has 3 rings (SSSR count). The lowest BCUT2D eigenvalue weighted by atomic mass is 9.92. The third-order valence-corrected chi connectivity index (χ3v) is 5.07. The van der Waals surface area contributed by atoms with Crippen LogP contribution in [0, 0.1) is 0 Å². The topological polar surface area (TPSA) is 90.5 Å². The molecule has 0 radical (unpaired) electrons. The summed E-state index contributed by atoms with van der Waals surface area (Å²) in [6.45, 7) is 12.3. The maximum Gasteiger partial charge on any atom is 0.236 e. The zero-order chi connectivity index (χ0) is 21.2. The molecular formula is C20H27N7OS. The van der Waals surface area contributed by atoms with E-state index < -0.39 is 0 Å². The van der Waals surface area contributed by atoms with Crippen LogP contribution >= 0.6 is 11.8 Å². The van der Waals surface area contributed by atoms with Gasteiger partial charge in [-0.25, -0.2) is 9.36 Å². The minimum absolute atomic E-state index is 0.136. The van der Waals surface area contributed by atoms with Crippen molar-refractivity contribution in [1.82, 2.24) is 30.0 Å². The van der Waals surface area contributed by atoms with Gasteiger partial charge >= 0.3 is 0 Å². The van der Waals surface area contributed by atoms with Crippen LogP contribution in [0.3, 0.4) is 0 Å². The first-order valence-corrected chi connectivity index (χ1v) is 10.4. The summed E-state index contributed by atoms with van der Waals surface area (Å²) in [7, 11) is 0. The van der Waals surface area contributed by atoms with Crippen molar-refractivity contribution in [2.75, 3.05) is 11.1 Å². The second-order valence-electron chi connectivity index (χ2n) is 8.79. The Labute approximate surface area is 175 Å². The van der Waals surface area contributed by atoms with Crippen molar-refractivity contribution in [3.63, 3.8) is 0 Å². The monoisotopic (exact) mass is 413 g/mol. The van der Waals surface area contributed by atoms with Crippen LogP contribution < -0.4 is 5.32 Å². The number of nitrogens with zero attached hydrogens (tertiary/aromatic N) is 6. The van der Waals surface area contributed by atoms with Crippen LogP contribution in [0.15, 0.2) is 41.6 Å². The molecule has 8 nitrogen and oxygen atoms in total. The highest BCUT2D eigenvalue weighted by Gasteiger charge is 2.23. The first-order chi connectivity index (χ1) is 13.6. The van der Waals surface area contributed by atoms with Gasteiger partial charge in [-0.1, -0.05) is 50.7 Å². The van der Waals surface area contributed by atoms with Gasteiger partial charge in [-0.2, -0.15) is 5.10 Å². The number of nitrogens with one attached hydrogen (secondary N) is 1. The molecule has 0 saturated carbocycles. The number of amides is 1. The number of carbonyl (C=O) groups is 1. The molecule has 0 unspecified atom stereocenters. The van der Waals surface area contributed by atoms with Crippen molar-refractivity contribution >= 4 is 23.5 Å². The van der Waals surface area contributed by atoms with Crippen LogP contribution in [-0.2, 0) is 15.7 Å². The Hall–Kier alpha value is -2.68. The van der Waals surface area contributed by atoms with Crippen LogP contribution in [0.4, 0.5) is 5.82 Å². The molecule has 0 aliphatic rings. The van der Waals surface area contributed by atoms with Crippen molar-refractivity contribution < 1.29 is 4.79 Å². The van der Waals surface area contributed by atoms with Gasteiger partial charge in [0.15, 0.2) is 0 Å². The Bertz CT molecular complexity index is 980. The first-order valence-electron chi connectivity index (χ1n) is 9.43. The predicted molar refractivity (Wildman–Crippen MR) is 114 cm³/mol. The highest BCUT2D eigenvalue weighted by atomic mass is 32.2. The summed E-state index contributed by atoms with van der Waals surface area (Å²) in [6.07, 6.45) is 0. The first kappa shape index (κ1) is 21.0. The van der Waals surface area contributed by atoms with Crippen molar-refractivity contribution in [2.24, 2.45) is 0 Å². The van der Waals surface area contributed by atoms with Crippen molar-refractivity contribution in [1.29, 1.82) is 0 Å². The molecule has 0 saturated heterocycles. The van der Waals surface area contributed by atoms with E-state index in [9.17, 15) is 4.79 Å². The van der Waals surface area contributed by atoms with Gasteiger partial charge in [-0.05, 0) is 43.3 Å². The molecule has 3 aromatic rings. The fraction of sp³-hybridized carbons (Fsp3) is 0.450. The van der Waals surface area contributed by atoms with Gasteiger partial charge in [-0.3, -0.25) is 4.79 Å². The van der Waals surface area contributed by atoms with E-state index in [0.29, 0.717) is 11.0 Å². The molecule has 0 atom stereocenters. The minimum Gasteiger partial charge on any atom is -0.310 e. The molecule has 1 aromatic carbocycles. The van der Waals surface area contributed by atoms with E-state index >= 15 is 0 Å². The number of carbonyl (C=O) groups excluding carboxylic acids is 1. The summed E-state index contributed by atoms with van der Waals surface area (Å²) in [5, 5.41) is 20.1. The third-order valence-electron chi connectivity index (χ3n) is 4.15. The number of tetrazole rings is 1. The average Bonchev–Trinajstić information content (AvgIpc) is 3.27. The maximum absolute atomic E-state index is 12.7. The summed E-state index contributed by atoms with van der Waals surface area (Å²) in [4.78, 5) is 12.7. The number of hydrogen-bond donors (Lipinski definition) is 1. The van der Waals surface area contributed by atoms with Gasteiger partial charge in [0.1, 0.15) is 5.82 Å². The Morgan fingerprint density at radius 3 is 2.41 bits per heavy atom. The highest BCUT2D eigenvalue weighted by molar-refractivity contribution is 7.99. The third kappa shape index (κ3) is 5.03. The fourth-order valence-corrected chi connectivity index (χ4v) is 3.46. The zero-order valence-electron chi connectivity index (χ0n) is 17.7. The zero-order valence-corrected chi connectivity index (χ0v) is 18.5. The summed E-state index contributed by atoms with van der Waals surface area (Å²) in [5.41, 5.74) is 1.41. The van der Waals surface area contributed by atoms with Crippen molar-refractivity contribution in [3.8, 4) is 5.69 Å². The number of para-hydroxylation sites is 1. The van der Waals surface area contributed by atoms with Gasteiger partial charge in [-0.15, -0.1) is 5.10 Å². The molecular weight excluding hydrogens is 386 g/mol. The molecule has 1 N–H and O–H groups in total. The number of hydrogen-bond acceptors (Lipinski definition) is 6. The van der Waals surface area contributed by atoms with Crippen LogP contribution in [0.5, 0.6) is 0 Å². The van der Waals surface area contributed by atoms with Crippen LogP contribution in [0.1, 0.15) is 47.2 Å². The van der Waals surface area contributed by atoms with Gasteiger partial charge in [0, 0.05) is 11.5 Å². The van der Waals surface area contributed by atoms with Gasteiger partial charge < -0.3 is 5.32 Å². The van der Waals surface area contributed by atoms with E-state index in [0.717, 1.165) is 11.4 Å². The number of anilines is 1. The molecule has 9 heteroatoms. The second-order valence-corrected chi connectivity index (χ2v) is 9.74. The number of aromatic nitrogens is 6. The van der Waals surface area contributed by atoms with Gasteiger partial charge in [0.05, 0.1) is 22.7 Å². The number of thioether (sulfide) groups is 1. The lowest BCUT2D eigenvalue weighted by Gasteiger charge is -2.19. The van der Waals surface area contributed by atoms with Crippen LogP contribution in [0.2, 0.25) is 0 Å². The Morgan fingerprint density at radius 1 is 1.10 bits per heavy atom. The molecule has 0 aliphatic carbocycles. The molecule has 2 heterocycles. The Morgan fingerprint density at radius 2 is 1.79 bits per heavy atom. The quantitative estimate of drug-likeness (QED) is 0.642. The predicted octanol–water partition coefficient (Wildman–Crippen LogP) is 3.64. The number of benzene rings is 1. The molecule has 0 spiro atoms. The minimum atomic E-state index is -0.254. The average molecular weight is 414 g/mol. The van der Waals surface area contributed by atoms with E-state index in [2.05, 4.69) is 41.6 Å². The highest BCUT2D eigenvalue weighted by Crippen LogP contribution is 2.27. The van der Waals surface area contributed by atoms with E-state index in [-0.39, 0.29) is 22.6 Å². The molecule has 1 amide bonds. The molecule has 29 heavy (non-hydrogen) atoms. The maximum atomic E-state index is 12.7. The summed E-state index contributed by atoms with van der Waals surface area (Å²) in [6, 6.07) is 11.7. The summed E-state index contributed by atoms with van der Waals surface area (Å²) in [5.74, 6) is 0.694. The largest absolute Gasteiger partial charge is 0.310 e. The van der Waals surface area contributed by atoms with Crippen molar-refractivity contribution in [2.45, 2.75) is 57.7 Å². The van der Waals surface area contributed by atoms with Gasteiger partial charge in [0.25, 0.3) is 0 Å². The van der Waals surface area contributed by atoms with Gasteiger partial charge in [0.2, 0.25) is 11.1 Å². The second kappa shape index (κ2) is 7.98. The lowest BCUT2D eigenvalue weighted by molar-refractivity contribution is -0.113. The van der Waals surface area contributed by atoms with Crippen molar-refractivity contribution in [3.05, 3.63) is 42.1 Å². The number of rotatable bonds is 5. The normalized spacial score (nSPS) is 12.2. The SMILES string of the molecule is CC(C)(C)c1cc(NC(=O)CSc2nnnn2C(C)(C)C)n(-c2ccccc2)n1. The van der Waals surface area contributed by atoms with E-state index in [1.165, 1.54) is 11.8 Å². The molecule has 0 fully saturated rings. The fourth-order valence-electron chi connectivity index (χ4n) is 2.60. The van der Waals surface area contributed by atoms with Crippen LogP contribution in [0.25, 0.3) is 5.69 Å². The summed E-state index contributed by atoms with van der Waals surface area (Å²) >= 11 is 1.31. The molecule has 0 bridgehead atoms.